The van der Waals surface area contributed by atoms with Crippen molar-refractivity contribution >= 4 is 23.2 Å². The standard InChI is InChI=1S/C22H28ClNO6/c1-13(2)7-8-30-20-16(23)9-14(10-17(20)26-3)22(25)24-15-11-18(27-4)21(29-6)19(12-15)28-5/h9-13H,7-8H2,1-6H3,(H,24,25). The van der Waals surface area contributed by atoms with Gasteiger partial charge < -0.3 is 29.0 Å². The summed E-state index contributed by atoms with van der Waals surface area (Å²) in [5.41, 5.74) is 0.795. The highest BCUT2D eigenvalue weighted by atomic mass is 35.5. The van der Waals surface area contributed by atoms with E-state index in [2.05, 4.69) is 19.2 Å². The van der Waals surface area contributed by atoms with Gasteiger partial charge in [-0.1, -0.05) is 25.4 Å². The van der Waals surface area contributed by atoms with E-state index >= 15 is 0 Å². The number of halogens is 1. The van der Waals surface area contributed by atoms with Crippen molar-refractivity contribution in [1.82, 2.24) is 0 Å². The average molecular weight is 438 g/mol. The third-order valence-corrected chi connectivity index (χ3v) is 4.64. The van der Waals surface area contributed by atoms with Gasteiger partial charge in [-0.05, 0) is 24.5 Å². The van der Waals surface area contributed by atoms with Crippen LogP contribution in [0.4, 0.5) is 5.69 Å². The first-order valence-electron chi connectivity index (χ1n) is 9.46. The number of nitrogens with one attached hydrogen (secondary N) is 1. The molecule has 164 valence electrons. The monoisotopic (exact) mass is 437 g/mol. The van der Waals surface area contributed by atoms with Crippen molar-refractivity contribution in [3.63, 3.8) is 0 Å². The van der Waals surface area contributed by atoms with Crippen LogP contribution in [0.5, 0.6) is 28.7 Å². The number of hydrogen-bond donors (Lipinski definition) is 1. The number of hydrogen-bond acceptors (Lipinski definition) is 6. The van der Waals surface area contributed by atoms with Gasteiger partial charge in [0.2, 0.25) is 5.75 Å². The van der Waals surface area contributed by atoms with Crippen molar-refractivity contribution in [2.45, 2.75) is 20.3 Å². The summed E-state index contributed by atoms with van der Waals surface area (Å²) in [4.78, 5) is 12.8. The van der Waals surface area contributed by atoms with Crippen LogP contribution in [0.2, 0.25) is 5.02 Å². The first kappa shape index (κ1) is 23.5. The summed E-state index contributed by atoms with van der Waals surface area (Å²) < 4.78 is 27.1. The topological polar surface area (TPSA) is 75.3 Å². The Balaban J connectivity index is 2.28. The van der Waals surface area contributed by atoms with Crippen molar-refractivity contribution in [3.8, 4) is 28.7 Å². The first-order chi connectivity index (χ1) is 14.3. The Morgan fingerprint density at radius 1 is 0.900 bits per heavy atom. The zero-order valence-corrected chi connectivity index (χ0v) is 18.9. The molecule has 2 rings (SSSR count). The van der Waals surface area contributed by atoms with E-state index in [0.29, 0.717) is 57.5 Å². The maximum atomic E-state index is 12.8. The average Bonchev–Trinajstić information content (AvgIpc) is 2.73. The highest BCUT2D eigenvalue weighted by Crippen LogP contribution is 2.40. The molecule has 7 nitrogen and oxygen atoms in total. The van der Waals surface area contributed by atoms with Crippen LogP contribution >= 0.6 is 11.6 Å². The smallest absolute Gasteiger partial charge is 0.255 e. The zero-order chi connectivity index (χ0) is 22.3. The van der Waals surface area contributed by atoms with Crippen LogP contribution in [0.1, 0.15) is 30.6 Å². The van der Waals surface area contributed by atoms with Crippen LogP contribution in [0.25, 0.3) is 0 Å². The van der Waals surface area contributed by atoms with Crippen LogP contribution in [-0.2, 0) is 0 Å². The lowest BCUT2D eigenvalue weighted by molar-refractivity contribution is 0.102. The third kappa shape index (κ3) is 5.63. The van der Waals surface area contributed by atoms with Crippen molar-refractivity contribution in [3.05, 3.63) is 34.9 Å². The Labute approximate surface area is 182 Å². The maximum absolute atomic E-state index is 12.8. The fourth-order valence-corrected chi connectivity index (χ4v) is 3.01. The summed E-state index contributed by atoms with van der Waals surface area (Å²) in [6.07, 6.45) is 0.878. The largest absolute Gasteiger partial charge is 0.493 e. The second kappa shape index (κ2) is 10.8. The molecule has 0 aromatic heterocycles. The van der Waals surface area contributed by atoms with Gasteiger partial charge in [-0.3, -0.25) is 4.79 Å². The van der Waals surface area contributed by atoms with Crippen molar-refractivity contribution in [2.24, 2.45) is 5.92 Å². The lowest BCUT2D eigenvalue weighted by atomic mass is 10.1. The SMILES string of the molecule is COc1cc(C(=O)Nc2cc(OC)c(OC)c(OC)c2)cc(Cl)c1OCCC(C)C. The number of amides is 1. The number of methoxy groups -OCH3 is 4. The van der Waals surface area contributed by atoms with Gasteiger partial charge in [0.05, 0.1) is 40.1 Å². The fraction of sp³-hybridized carbons (Fsp3) is 0.409. The normalized spacial score (nSPS) is 10.5. The van der Waals surface area contributed by atoms with Crippen molar-refractivity contribution in [2.75, 3.05) is 40.4 Å². The summed E-state index contributed by atoms with van der Waals surface area (Å²) in [5, 5.41) is 3.10. The first-order valence-corrected chi connectivity index (χ1v) is 9.84. The van der Waals surface area contributed by atoms with E-state index < -0.39 is 0 Å². The van der Waals surface area contributed by atoms with Gasteiger partial charge in [-0.2, -0.15) is 0 Å². The molecular weight excluding hydrogens is 410 g/mol. The van der Waals surface area contributed by atoms with Gasteiger partial charge in [-0.15, -0.1) is 0 Å². The summed E-state index contributed by atoms with van der Waals surface area (Å²) in [7, 11) is 6.02. The number of anilines is 1. The predicted molar refractivity (Wildman–Crippen MR) is 117 cm³/mol. The molecule has 0 spiro atoms. The van der Waals surface area contributed by atoms with Gasteiger partial charge >= 0.3 is 0 Å². The molecule has 0 atom stereocenters. The van der Waals surface area contributed by atoms with Crippen LogP contribution in [0, 0.1) is 5.92 Å². The summed E-state index contributed by atoms with van der Waals surface area (Å²) in [6, 6.07) is 6.41. The Bertz CT molecular complexity index is 859. The molecular formula is C22H28ClNO6. The summed E-state index contributed by atoms with van der Waals surface area (Å²) >= 11 is 6.37. The molecule has 0 radical (unpaired) electrons. The van der Waals surface area contributed by atoms with E-state index in [4.69, 9.17) is 35.3 Å². The van der Waals surface area contributed by atoms with Crippen molar-refractivity contribution in [1.29, 1.82) is 0 Å². The second-order valence-corrected chi connectivity index (χ2v) is 7.30. The molecule has 0 saturated carbocycles. The Hall–Kier alpha value is -2.80. The summed E-state index contributed by atoms with van der Waals surface area (Å²) in [5.74, 6) is 2.22. The number of rotatable bonds is 10. The van der Waals surface area contributed by atoms with Gasteiger partial charge in [0.25, 0.3) is 5.91 Å². The van der Waals surface area contributed by atoms with E-state index in [-0.39, 0.29) is 5.91 Å². The van der Waals surface area contributed by atoms with E-state index in [0.717, 1.165) is 6.42 Å². The maximum Gasteiger partial charge on any atom is 0.255 e. The minimum Gasteiger partial charge on any atom is -0.493 e. The Kier molecular flexibility index (Phi) is 8.47. The van der Waals surface area contributed by atoms with E-state index in [1.165, 1.54) is 28.4 Å². The number of benzene rings is 2. The molecule has 0 heterocycles. The molecule has 0 fully saturated rings. The molecule has 2 aromatic carbocycles. The van der Waals surface area contributed by atoms with Gasteiger partial charge in [0.15, 0.2) is 23.0 Å². The molecule has 0 aliphatic heterocycles. The fourth-order valence-electron chi connectivity index (χ4n) is 2.74. The summed E-state index contributed by atoms with van der Waals surface area (Å²) in [6.45, 7) is 4.72. The molecule has 0 aliphatic carbocycles. The Morgan fingerprint density at radius 2 is 1.47 bits per heavy atom. The van der Waals surface area contributed by atoms with Crippen LogP contribution in [-0.4, -0.2) is 41.0 Å². The number of ether oxygens (including phenoxy) is 5. The van der Waals surface area contributed by atoms with Gasteiger partial charge in [0.1, 0.15) is 0 Å². The zero-order valence-electron chi connectivity index (χ0n) is 18.1. The highest BCUT2D eigenvalue weighted by molar-refractivity contribution is 6.32. The van der Waals surface area contributed by atoms with E-state index in [1.807, 2.05) is 0 Å². The van der Waals surface area contributed by atoms with Crippen LogP contribution in [0.3, 0.4) is 0 Å². The molecule has 0 bridgehead atoms. The predicted octanol–water partition coefficient (Wildman–Crippen LogP) is 5.05. The second-order valence-electron chi connectivity index (χ2n) is 6.89. The third-order valence-electron chi connectivity index (χ3n) is 4.36. The number of carbonyl (C=O) groups is 1. The lowest BCUT2D eigenvalue weighted by Crippen LogP contribution is -2.13. The molecule has 0 aliphatic rings. The van der Waals surface area contributed by atoms with Crippen molar-refractivity contribution < 1.29 is 28.5 Å². The minimum absolute atomic E-state index is 0.299. The minimum atomic E-state index is -0.377. The molecule has 8 heteroatoms. The quantitative estimate of drug-likeness (QED) is 0.560. The molecule has 1 amide bonds. The molecule has 0 saturated heterocycles. The van der Waals surface area contributed by atoms with Gasteiger partial charge in [0, 0.05) is 23.4 Å². The Morgan fingerprint density at radius 3 is 1.97 bits per heavy atom. The molecule has 30 heavy (non-hydrogen) atoms. The highest BCUT2D eigenvalue weighted by Gasteiger charge is 2.18. The van der Waals surface area contributed by atoms with Gasteiger partial charge in [-0.25, -0.2) is 0 Å². The van der Waals surface area contributed by atoms with Crippen LogP contribution < -0.4 is 29.0 Å². The molecule has 2 aromatic rings. The molecule has 0 unspecified atom stereocenters. The van der Waals surface area contributed by atoms with E-state index in [9.17, 15) is 4.79 Å². The van der Waals surface area contributed by atoms with E-state index in [1.54, 1.807) is 24.3 Å². The molecule has 1 N–H and O–H groups in total. The lowest BCUT2D eigenvalue weighted by Gasteiger charge is -2.16. The number of carbonyl (C=O) groups excluding carboxylic acids is 1. The van der Waals surface area contributed by atoms with Crippen LogP contribution in [0.15, 0.2) is 24.3 Å².